The molecule has 2 heterocycles. The van der Waals surface area contributed by atoms with Crippen LogP contribution in [0.3, 0.4) is 0 Å². The molecular weight excluding hydrogens is 268 g/mol. The lowest BCUT2D eigenvalue weighted by atomic mass is 9.64. The number of rotatable bonds is 1. The maximum atomic E-state index is 12.1. The third-order valence-electron chi connectivity index (χ3n) is 4.65. The van der Waals surface area contributed by atoms with Crippen molar-refractivity contribution in [1.29, 1.82) is 0 Å². The molecule has 21 heavy (non-hydrogen) atoms. The lowest BCUT2D eigenvalue weighted by Gasteiger charge is -2.36. The number of benzene rings is 1. The van der Waals surface area contributed by atoms with Gasteiger partial charge >= 0.3 is 11.9 Å². The van der Waals surface area contributed by atoms with Crippen molar-refractivity contribution in [3.8, 4) is 0 Å². The molecule has 0 bridgehead atoms. The van der Waals surface area contributed by atoms with Crippen LogP contribution in [0.15, 0.2) is 42.2 Å². The van der Waals surface area contributed by atoms with Gasteiger partial charge in [0.1, 0.15) is 6.61 Å². The monoisotopic (exact) mass is 282 g/mol. The summed E-state index contributed by atoms with van der Waals surface area (Å²) in [5.41, 5.74) is 3.72. The standard InChI is InChI=1S/C17H14O4/c1-17(14-6-15(18)21-16(14)19)7-10-8-20-9-12(10)11-4-2-3-5-13(11)17/h2-5,7,9,14H,6,8H2,1H3. The largest absolute Gasteiger partial charge is 0.496 e. The first-order valence-corrected chi connectivity index (χ1v) is 6.98. The quantitative estimate of drug-likeness (QED) is 0.586. The van der Waals surface area contributed by atoms with E-state index >= 15 is 0 Å². The highest BCUT2D eigenvalue weighted by Gasteiger charge is 2.49. The summed E-state index contributed by atoms with van der Waals surface area (Å²) in [6.45, 7) is 2.51. The molecule has 1 saturated heterocycles. The molecule has 1 aliphatic carbocycles. The first-order chi connectivity index (χ1) is 10.1. The summed E-state index contributed by atoms with van der Waals surface area (Å²) in [4.78, 5) is 23.6. The molecule has 0 N–H and O–H groups in total. The molecule has 0 aromatic heterocycles. The Morgan fingerprint density at radius 2 is 2.05 bits per heavy atom. The van der Waals surface area contributed by atoms with Gasteiger partial charge in [-0.05, 0) is 16.7 Å². The fourth-order valence-corrected chi connectivity index (χ4v) is 3.57. The Labute approximate surface area is 122 Å². The van der Waals surface area contributed by atoms with Crippen LogP contribution in [-0.4, -0.2) is 18.5 Å². The van der Waals surface area contributed by atoms with Gasteiger partial charge in [-0.25, -0.2) is 0 Å². The SMILES string of the molecule is CC1(C2CC(=O)OC2=O)C=C2COC=C2c2ccccc21. The number of carbonyl (C=O) groups is 2. The number of carbonyl (C=O) groups excluding carboxylic acids is 2. The van der Waals surface area contributed by atoms with E-state index in [2.05, 4.69) is 6.08 Å². The van der Waals surface area contributed by atoms with Gasteiger partial charge in [0.05, 0.1) is 18.6 Å². The number of cyclic esters (lactones) is 2. The number of hydrogen-bond donors (Lipinski definition) is 0. The van der Waals surface area contributed by atoms with Gasteiger partial charge in [-0.3, -0.25) is 9.59 Å². The molecule has 1 fully saturated rings. The maximum absolute atomic E-state index is 12.1. The Hall–Kier alpha value is -2.36. The van der Waals surface area contributed by atoms with E-state index in [-0.39, 0.29) is 6.42 Å². The van der Waals surface area contributed by atoms with Crippen LogP contribution in [0.5, 0.6) is 0 Å². The van der Waals surface area contributed by atoms with E-state index < -0.39 is 23.3 Å². The summed E-state index contributed by atoms with van der Waals surface area (Å²) < 4.78 is 10.2. The van der Waals surface area contributed by atoms with Crippen molar-refractivity contribution in [3.63, 3.8) is 0 Å². The van der Waals surface area contributed by atoms with Crippen LogP contribution in [0.4, 0.5) is 0 Å². The average Bonchev–Trinajstić information content (AvgIpc) is 3.05. The van der Waals surface area contributed by atoms with Gasteiger partial charge in [0.15, 0.2) is 0 Å². The predicted molar refractivity (Wildman–Crippen MR) is 75.0 cm³/mol. The van der Waals surface area contributed by atoms with Crippen molar-refractivity contribution in [2.24, 2.45) is 5.92 Å². The smallest absolute Gasteiger partial charge is 0.318 e. The number of allylic oxidation sites excluding steroid dienone is 1. The molecule has 4 nitrogen and oxygen atoms in total. The molecule has 2 aliphatic heterocycles. The molecule has 0 radical (unpaired) electrons. The van der Waals surface area contributed by atoms with Gasteiger partial charge in [0, 0.05) is 11.0 Å². The van der Waals surface area contributed by atoms with Gasteiger partial charge in [-0.1, -0.05) is 37.3 Å². The normalized spacial score (nSPS) is 30.0. The van der Waals surface area contributed by atoms with Crippen LogP contribution in [0.25, 0.3) is 5.57 Å². The Balaban J connectivity index is 1.92. The van der Waals surface area contributed by atoms with Crippen LogP contribution in [0, 0.1) is 5.92 Å². The van der Waals surface area contributed by atoms with E-state index in [0.29, 0.717) is 6.61 Å². The summed E-state index contributed by atoms with van der Waals surface area (Å²) in [6, 6.07) is 7.97. The highest BCUT2D eigenvalue weighted by molar-refractivity contribution is 5.97. The lowest BCUT2D eigenvalue weighted by Crippen LogP contribution is -2.36. The van der Waals surface area contributed by atoms with Crippen LogP contribution < -0.4 is 0 Å². The average molecular weight is 282 g/mol. The summed E-state index contributed by atoms with van der Waals surface area (Å²) in [5.74, 6) is -1.34. The fourth-order valence-electron chi connectivity index (χ4n) is 3.57. The van der Waals surface area contributed by atoms with Crippen LogP contribution in [0.1, 0.15) is 24.5 Å². The van der Waals surface area contributed by atoms with Crippen LogP contribution in [0.2, 0.25) is 0 Å². The van der Waals surface area contributed by atoms with Crippen LogP contribution in [-0.2, 0) is 24.5 Å². The minimum Gasteiger partial charge on any atom is -0.496 e. The molecule has 0 amide bonds. The Bertz CT molecular complexity index is 728. The Morgan fingerprint density at radius 3 is 2.81 bits per heavy atom. The van der Waals surface area contributed by atoms with Crippen molar-refractivity contribution < 1.29 is 19.1 Å². The van der Waals surface area contributed by atoms with E-state index in [1.807, 2.05) is 31.2 Å². The van der Waals surface area contributed by atoms with E-state index in [4.69, 9.17) is 9.47 Å². The number of esters is 2. The Kier molecular flexibility index (Phi) is 2.40. The van der Waals surface area contributed by atoms with E-state index in [0.717, 1.165) is 22.3 Å². The highest BCUT2D eigenvalue weighted by atomic mass is 16.6. The van der Waals surface area contributed by atoms with Crippen molar-refractivity contribution >= 4 is 17.5 Å². The molecule has 1 aromatic carbocycles. The zero-order valence-electron chi connectivity index (χ0n) is 11.6. The summed E-state index contributed by atoms with van der Waals surface area (Å²) >= 11 is 0. The Morgan fingerprint density at radius 1 is 1.24 bits per heavy atom. The topological polar surface area (TPSA) is 52.6 Å². The second-order valence-electron chi connectivity index (χ2n) is 5.89. The lowest BCUT2D eigenvalue weighted by molar-refractivity contribution is -0.153. The molecule has 4 heteroatoms. The third-order valence-corrected chi connectivity index (χ3v) is 4.65. The fraction of sp³-hybridized carbons (Fsp3) is 0.294. The molecule has 2 unspecified atom stereocenters. The van der Waals surface area contributed by atoms with Gasteiger partial charge in [-0.2, -0.15) is 0 Å². The second-order valence-corrected chi connectivity index (χ2v) is 5.89. The van der Waals surface area contributed by atoms with Crippen molar-refractivity contribution in [2.45, 2.75) is 18.8 Å². The predicted octanol–water partition coefficient (Wildman–Crippen LogP) is 2.35. The highest BCUT2D eigenvalue weighted by Crippen LogP contribution is 2.49. The zero-order valence-corrected chi connectivity index (χ0v) is 11.6. The van der Waals surface area contributed by atoms with Crippen molar-refractivity contribution in [3.05, 3.63) is 53.3 Å². The maximum Gasteiger partial charge on any atom is 0.318 e. The van der Waals surface area contributed by atoms with E-state index in [9.17, 15) is 9.59 Å². The molecular formula is C17H14O4. The molecule has 106 valence electrons. The van der Waals surface area contributed by atoms with Gasteiger partial charge < -0.3 is 9.47 Å². The van der Waals surface area contributed by atoms with Crippen molar-refractivity contribution in [1.82, 2.24) is 0 Å². The minimum absolute atomic E-state index is 0.132. The number of hydrogen-bond acceptors (Lipinski definition) is 4. The van der Waals surface area contributed by atoms with Crippen LogP contribution >= 0.6 is 0 Å². The molecule has 4 rings (SSSR count). The minimum atomic E-state index is -0.541. The molecule has 1 aromatic rings. The van der Waals surface area contributed by atoms with E-state index in [1.165, 1.54) is 0 Å². The number of fused-ring (bicyclic) bond motifs is 3. The first-order valence-electron chi connectivity index (χ1n) is 6.98. The van der Waals surface area contributed by atoms with E-state index in [1.54, 1.807) is 6.26 Å². The molecule has 0 saturated carbocycles. The number of ether oxygens (including phenoxy) is 2. The van der Waals surface area contributed by atoms with Crippen molar-refractivity contribution in [2.75, 3.05) is 6.61 Å². The van der Waals surface area contributed by atoms with Gasteiger partial charge in [0.25, 0.3) is 0 Å². The molecule has 2 atom stereocenters. The first kappa shape index (κ1) is 12.4. The molecule has 0 spiro atoms. The zero-order chi connectivity index (χ0) is 14.6. The summed E-state index contributed by atoms with van der Waals surface area (Å²) in [6.07, 6.45) is 3.97. The van der Waals surface area contributed by atoms with Gasteiger partial charge in [0.2, 0.25) is 0 Å². The van der Waals surface area contributed by atoms with Gasteiger partial charge in [-0.15, -0.1) is 0 Å². The third kappa shape index (κ3) is 1.62. The summed E-state index contributed by atoms with van der Waals surface area (Å²) in [7, 11) is 0. The summed E-state index contributed by atoms with van der Waals surface area (Å²) in [5, 5.41) is 0. The second kappa shape index (κ2) is 4.07. The molecule has 3 aliphatic rings.